The molecule has 0 spiro atoms. The highest BCUT2D eigenvalue weighted by Gasteiger charge is 2.37. The van der Waals surface area contributed by atoms with Crippen LogP contribution in [0.5, 0.6) is 5.75 Å². The number of hydrogen-bond acceptors (Lipinski definition) is 8. The lowest BCUT2D eigenvalue weighted by Gasteiger charge is -2.33. The number of likely N-dealkylation sites (tertiary alicyclic amines) is 1. The van der Waals surface area contributed by atoms with Gasteiger partial charge in [-0.15, -0.1) is 6.42 Å². The second-order valence-corrected chi connectivity index (χ2v) is 11.0. The number of aryl methyl sites for hydroxylation is 1. The number of unbranched alkanes of at least 4 members (excludes halogenated alkanes) is 3. The van der Waals surface area contributed by atoms with Crippen LogP contribution in [0.3, 0.4) is 0 Å². The number of benzene rings is 2. The highest BCUT2D eigenvalue weighted by atomic mass is 19.4. The summed E-state index contributed by atoms with van der Waals surface area (Å²) in [4.78, 5) is 39.9. The van der Waals surface area contributed by atoms with E-state index in [-0.39, 0.29) is 18.2 Å². The number of aromatic nitrogens is 4. The highest BCUT2D eigenvalue weighted by molar-refractivity contribution is 5.95. The van der Waals surface area contributed by atoms with Crippen molar-refractivity contribution in [3.05, 3.63) is 60.3 Å². The molecule has 4 aromatic rings. The third kappa shape index (κ3) is 9.04. The summed E-state index contributed by atoms with van der Waals surface area (Å²) < 4.78 is 42.5. The van der Waals surface area contributed by atoms with Gasteiger partial charge in [-0.25, -0.2) is 15.0 Å². The van der Waals surface area contributed by atoms with Gasteiger partial charge in [0.25, 0.3) is 0 Å². The van der Waals surface area contributed by atoms with Crippen LogP contribution in [-0.2, 0) is 16.0 Å². The quantitative estimate of drug-likeness (QED) is 0.139. The van der Waals surface area contributed by atoms with Crippen molar-refractivity contribution in [1.82, 2.24) is 24.8 Å². The summed E-state index contributed by atoms with van der Waals surface area (Å²) in [6, 6.07) is 11.2. The van der Waals surface area contributed by atoms with E-state index in [4.69, 9.17) is 16.9 Å². The molecule has 0 unspecified atom stereocenters. The van der Waals surface area contributed by atoms with Crippen LogP contribution in [0.2, 0.25) is 0 Å². The molecule has 13 heteroatoms. The van der Waals surface area contributed by atoms with Crippen LogP contribution in [0, 0.1) is 18.3 Å². The van der Waals surface area contributed by atoms with Crippen molar-refractivity contribution in [3.63, 3.8) is 0 Å². The van der Waals surface area contributed by atoms with Crippen LogP contribution in [0.25, 0.3) is 22.2 Å². The molecule has 10 nitrogen and oxygen atoms in total. The minimum Gasteiger partial charge on any atom is -0.496 e. The van der Waals surface area contributed by atoms with Gasteiger partial charge in [0.1, 0.15) is 23.7 Å². The van der Waals surface area contributed by atoms with E-state index in [1.807, 2.05) is 43.4 Å². The number of Topliss-reactive ketones (excluding diaryl/α,β-unsaturated/α-hetero) is 1. The molecule has 4 N–H and O–H groups in total. The van der Waals surface area contributed by atoms with Gasteiger partial charge in [-0.2, -0.15) is 13.2 Å². The van der Waals surface area contributed by atoms with Gasteiger partial charge in [-0.05, 0) is 44.2 Å². The number of hydrogen-bond donors (Lipinski definition) is 3. The fourth-order valence-electron chi connectivity index (χ4n) is 4.96. The Morgan fingerprint density at radius 3 is 2.54 bits per heavy atom. The summed E-state index contributed by atoms with van der Waals surface area (Å²) in [7, 11) is 3.55. The number of halogens is 3. The van der Waals surface area contributed by atoms with E-state index in [0.29, 0.717) is 36.3 Å². The zero-order valence-corrected chi connectivity index (χ0v) is 25.7. The maximum Gasteiger partial charge on any atom is 0.449 e. The maximum absolute atomic E-state index is 12.3. The maximum atomic E-state index is 12.3. The van der Waals surface area contributed by atoms with Crippen LogP contribution >= 0.6 is 0 Å². The number of aromatic amines is 1. The molecule has 46 heavy (non-hydrogen) atoms. The fraction of sp³-hybridized carbons (Fsp3) is 0.364. The molecular weight excluding hydrogens is 599 g/mol. The number of carbonyl (C=O) groups is 2. The van der Waals surface area contributed by atoms with E-state index in [0.717, 1.165) is 53.2 Å². The normalized spacial score (nSPS) is 13.3. The van der Waals surface area contributed by atoms with Crippen LogP contribution in [0.1, 0.15) is 43.5 Å². The molecule has 242 valence electrons. The number of alkyl halides is 3. The lowest BCUT2D eigenvalue weighted by Crippen LogP contribution is -2.50. The minimum atomic E-state index is -4.75. The van der Waals surface area contributed by atoms with Gasteiger partial charge in [0, 0.05) is 54.2 Å². The number of nitrogens with zero attached hydrogens (tertiary/aromatic N) is 4. The number of nitrogens with one attached hydrogen (secondary N) is 2. The minimum absolute atomic E-state index is 0.125. The number of primary amides is 1. The second kappa shape index (κ2) is 15.4. The summed E-state index contributed by atoms with van der Waals surface area (Å²) in [5, 5.41) is 4.08. The van der Waals surface area contributed by atoms with Gasteiger partial charge >= 0.3 is 6.18 Å². The fourth-order valence-corrected chi connectivity index (χ4v) is 4.96. The van der Waals surface area contributed by atoms with E-state index in [9.17, 15) is 22.8 Å². The van der Waals surface area contributed by atoms with E-state index in [2.05, 4.69) is 36.1 Å². The van der Waals surface area contributed by atoms with Crippen LogP contribution < -0.4 is 15.8 Å². The Morgan fingerprint density at radius 2 is 1.89 bits per heavy atom. The number of amides is 1. The van der Waals surface area contributed by atoms with Gasteiger partial charge < -0.3 is 25.7 Å². The lowest BCUT2D eigenvalue weighted by atomic mass is 10.0. The Bertz CT molecular complexity index is 1710. The number of ether oxygens (including phenoxy) is 1. The predicted octanol–water partition coefficient (Wildman–Crippen LogP) is 5.41. The number of terminal acetylenes is 1. The predicted molar refractivity (Wildman–Crippen MR) is 169 cm³/mol. The molecule has 2 aromatic carbocycles. The molecule has 0 atom stereocenters. The Morgan fingerprint density at radius 1 is 1.13 bits per heavy atom. The zero-order valence-electron chi connectivity index (χ0n) is 25.7. The number of anilines is 2. The first-order chi connectivity index (χ1) is 22.0. The molecule has 1 fully saturated rings. The number of methoxy groups -OCH3 is 1. The van der Waals surface area contributed by atoms with E-state index >= 15 is 0 Å². The third-order valence-corrected chi connectivity index (χ3v) is 7.52. The van der Waals surface area contributed by atoms with E-state index in [1.165, 1.54) is 6.33 Å². The SMILES string of the molecule is C#Cc1cccc(Nc2ncnc3cc(OC)c(-c4cnc(CCCCCCC(=O)C(F)(F)F)[nH]4)cc23)c1.CN1CC(C(N)=O)C1. The number of fused-ring (bicyclic) bond motifs is 1. The smallest absolute Gasteiger partial charge is 0.449 e. The Hall–Kier alpha value is -4.96. The summed E-state index contributed by atoms with van der Waals surface area (Å²) in [6.07, 6.45) is 6.34. The first-order valence-electron chi connectivity index (χ1n) is 14.8. The molecule has 1 aliphatic heterocycles. The van der Waals surface area contributed by atoms with Gasteiger partial charge in [0.2, 0.25) is 11.7 Å². The Kier molecular flexibility index (Phi) is 11.3. The Balaban J connectivity index is 0.000000523. The van der Waals surface area contributed by atoms with Crippen molar-refractivity contribution in [2.45, 2.75) is 44.7 Å². The molecular formula is C33H36F3N7O3. The average molecular weight is 636 g/mol. The van der Waals surface area contributed by atoms with Gasteiger partial charge in [0.15, 0.2) is 0 Å². The molecule has 0 aliphatic carbocycles. The average Bonchev–Trinajstić information content (AvgIpc) is 3.49. The number of carbonyl (C=O) groups excluding carboxylic acids is 2. The second-order valence-electron chi connectivity index (χ2n) is 11.0. The molecule has 1 saturated heterocycles. The standard InChI is InChI=1S/C28H26F3N5O2.C5H10N2O/c1-3-18-9-8-10-19(13-18)35-27-21-14-20(24(38-2)15-22(21)33-17-34-27)23-16-32-26(36-23)12-7-5-4-6-11-25(37)28(29,30)31;1-7-2-4(3-7)5(6)8/h1,8-10,13-17H,4-7,11-12H2,2H3,(H,32,36)(H,33,34,35);4H,2-3H2,1H3,(H2,6,8). The first kappa shape index (κ1) is 33.9. The molecule has 1 aliphatic rings. The van der Waals surface area contributed by atoms with E-state index in [1.54, 1.807) is 13.3 Å². The van der Waals surface area contributed by atoms with Crippen molar-refractivity contribution < 1.29 is 27.5 Å². The molecule has 5 rings (SSSR count). The Labute approximate surface area is 265 Å². The number of ketones is 1. The van der Waals surface area contributed by atoms with Crippen LogP contribution in [0.4, 0.5) is 24.7 Å². The van der Waals surface area contributed by atoms with Gasteiger partial charge in [-0.3, -0.25) is 9.59 Å². The number of nitrogens with two attached hydrogens (primary N) is 1. The highest BCUT2D eigenvalue weighted by Crippen LogP contribution is 2.35. The number of H-pyrrole nitrogens is 1. The summed E-state index contributed by atoms with van der Waals surface area (Å²) in [5.41, 5.74) is 8.76. The summed E-state index contributed by atoms with van der Waals surface area (Å²) in [5.74, 6) is 2.89. The van der Waals surface area contributed by atoms with Crippen molar-refractivity contribution in [2.75, 3.05) is 32.6 Å². The van der Waals surface area contributed by atoms with Crippen molar-refractivity contribution in [1.29, 1.82) is 0 Å². The van der Waals surface area contributed by atoms with Crippen LogP contribution in [0.15, 0.2) is 48.9 Å². The lowest BCUT2D eigenvalue weighted by molar-refractivity contribution is -0.171. The molecule has 2 aromatic heterocycles. The van der Waals surface area contributed by atoms with Crippen molar-refractivity contribution in [3.8, 4) is 29.4 Å². The molecule has 0 saturated carbocycles. The topological polar surface area (TPSA) is 139 Å². The number of imidazole rings is 1. The molecule has 1 amide bonds. The number of rotatable bonds is 12. The van der Waals surface area contributed by atoms with Crippen molar-refractivity contribution >= 4 is 34.1 Å². The van der Waals surface area contributed by atoms with Gasteiger partial charge in [0.05, 0.1) is 30.4 Å². The summed E-state index contributed by atoms with van der Waals surface area (Å²) >= 11 is 0. The monoisotopic (exact) mass is 635 g/mol. The summed E-state index contributed by atoms with van der Waals surface area (Å²) in [6.45, 7) is 1.69. The van der Waals surface area contributed by atoms with Gasteiger partial charge in [-0.1, -0.05) is 24.8 Å². The molecule has 0 radical (unpaired) electrons. The first-order valence-corrected chi connectivity index (χ1v) is 14.8. The van der Waals surface area contributed by atoms with E-state index < -0.39 is 18.4 Å². The van der Waals surface area contributed by atoms with Crippen LogP contribution in [-0.4, -0.2) is 69.9 Å². The zero-order chi connectivity index (χ0) is 33.3. The third-order valence-electron chi connectivity index (χ3n) is 7.52. The largest absolute Gasteiger partial charge is 0.496 e. The molecule has 3 heterocycles. The molecule has 0 bridgehead atoms. The van der Waals surface area contributed by atoms with Crippen molar-refractivity contribution in [2.24, 2.45) is 11.7 Å².